The van der Waals surface area contributed by atoms with Gasteiger partial charge in [0.1, 0.15) is 0 Å². The van der Waals surface area contributed by atoms with Gasteiger partial charge in [-0.05, 0) is 44.0 Å². The lowest BCUT2D eigenvalue weighted by Crippen LogP contribution is -2.25. The molecule has 0 radical (unpaired) electrons. The van der Waals surface area contributed by atoms with Crippen LogP contribution in [0.5, 0.6) is 0 Å². The Morgan fingerprint density at radius 1 is 1.25 bits per heavy atom. The van der Waals surface area contributed by atoms with Crippen molar-refractivity contribution in [1.82, 2.24) is 10.6 Å². The van der Waals surface area contributed by atoms with Crippen molar-refractivity contribution in [2.75, 3.05) is 18.8 Å². The first-order chi connectivity index (χ1) is 9.67. The fourth-order valence-electron chi connectivity index (χ4n) is 1.82. The van der Waals surface area contributed by atoms with Crippen LogP contribution in [0, 0.1) is 0 Å². The topological polar surface area (TPSA) is 41.1 Å². The Balaban J connectivity index is 2.48. The van der Waals surface area contributed by atoms with Gasteiger partial charge in [0.2, 0.25) is 5.91 Å². The van der Waals surface area contributed by atoms with Gasteiger partial charge in [-0.3, -0.25) is 4.79 Å². The number of amides is 1. The number of carbonyl (C=O) groups excluding carboxylic acids is 1. The van der Waals surface area contributed by atoms with Gasteiger partial charge in [-0.2, -0.15) is 0 Å². The number of hydrogen-bond acceptors (Lipinski definition) is 3. The molecule has 3 nitrogen and oxygen atoms in total. The first kappa shape index (κ1) is 17.1. The van der Waals surface area contributed by atoms with E-state index < -0.39 is 0 Å². The first-order valence-electron chi connectivity index (χ1n) is 7.40. The van der Waals surface area contributed by atoms with E-state index in [2.05, 4.69) is 55.7 Å². The molecule has 2 N–H and O–H groups in total. The summed E-state index contributed by atoms with van der Waals surface area (Å²) in [5.41, 5.74) is 1.28. The van der Waals surface area contributed by atoms with Crippen molar-refractivity contribution in [3.05, 3.63) is 29.8 Å². The predicted octanol–water partition coefficient (Wildman–Crippen LogP) is 3.37. The molecule has 0 aliphatic heterocycles. The molecular formula is C16H26N2OS. The summed E-state index contributed by atoms with van der Waals surface area (Å²) in [6.45, 7) is 8.19. The molecule has 1 atom stereocenters. The average Bonchev–Trinajstić information content (AvgIpc) is 2.48. The third kappa shape index (κ3) is 6.44. The molecule has 0 fully saturated rings. The van der Waals surface area contributed by atoms with E-state index in [-0.39, 0.29) is 5.91 Å². The molecule has 0 saturated carbocycles. The normalized spacial score (nSPS) is 12.2. The number of thioether (sulfide) groups is 1. The highest BCUT2D eigenvalue weighted by Gasteiger charge is 2.06. The number of benzene rings is 1. The molecule has 20 heavy (non-hydrogen) atoms. The maximum absolute atomic E-state index is 11.6. The lowest BCUT2D eigenvalue weighted by Gasteiger charge is -2.14. The molecule has 0 aromatic heterocycles. The van der Waals surface area contributed by atoms with Crippen LogP contribution in [-0.4, -0.2) is 24.7 Å². The fourth-order valence-corrected chi connectivity index (χ4v) is 2.61. The highest BCUT2D eigenvalue weighted by atomic mass is 32.2. The van der Waals surface area contributed by atoms with Crippen LogP contribution < -0.4 is 10.6 Å². The second kappa shape index (κ2) is 9.83. The second-order valence-electron chi connectivity index (χ2n) is 4.89. The standard InChI is InChI=1S/C16H26N2OS/c1-4-9-17-13(3)14-7-6-8-15(11-14)20-12-16(19)18-10-5-2/h6-8,11,13,17H,4-5,9-10,12H2,1-3H3,(H,18,19). The van der Waals surface area contributed by atoms with Gasteiger partial charge >= 0.3 is 0 Å². The van der Waals surface area contributed by atoms with Crippen molar-refractivity contribution in [3.63, 3.8) is 0 Å². The Bertz CT molecular complexity index is 409. The zero-order valence-corrected chi connectivity index (χ0v) is 13.6. The molecule has 0 bridgehead atoms. The van der Waals surface area contributed by atoms with Gasteiger partial charge in [-0.25, -0.2) is 0 Å². The third-order valence-corrected chi connectivity index (χ3v) is 3.99. The van der Waals surface area contributed by atoms with Crippen LogP contribution in [0.2, 0.25) is 0 Å². The minimum atomic E-state index is 0.111. The maximum atomic E-state index is 11.6. The SMILES string of the molecule is CCCNC(=O)CSc1cccc(C(C)NCCC)c1. The fraction of sp³-hybridized carbons (Fsp3) is 0.562. The molecule has 0 heterocycles. The van der Waals surface area contributed by atoms with Crippen LogP contribution in [0.3, 0.4) is 0 Å². The summed E-state index contributed by atoms with van der Waals surface area (Å²) < 4.78 is 0. The zero-order valence-electron chi connectivity index (χ0n) is 12.7. The first-order valence-corrected chi connectivity index (χ1v) is 8.38. The molecule has 0 aliphatic carbocycles. The Labute approximate surface area is 126 Å². The van der Waals surface area contributed by atoms with Gasteiger partial charge in [0.15, 0.2) is 0 Å². The number of carbonyl (C=O) groups is 1. The summed E-state index contributed by atoms with van der Waals surface area (Å²) in [7, 11) is 0. The minimum absolute atomic E-state index is 0.111. The smallest absolute Gasteiger partial charge is 0.230 e. The lowest BCUT2D eigenvalue weighted by atomic mass is 10.1. The second-order valence-corrected chi connectivity index (χ2v) is 5.94. The Hall–Kier alpha value is -1.00. The molecule has 0 saturated heterocycles. The molecule has 1 aromatic carbocycles. The van der Waals surface area contributed by atoms with E-state index >= 15 is 0 Å². The van der Waals surface area contributed by atoms with Crippen LogP contribution in [0.25, 0.3) is 0 Å². The van der Waals surface area contributed by atoms with E-state index in [1.807, 2.05) is 0 Å². The van der Waals surface area contributed by atoms with E-state index in [1.54, 1.807) is 11.8 Å². The molecule has 0 aliphatic rings. The third-order valence-electron chi connectivity index (χ3n) is 3.00. The minimum Gasteiger partial charge on any atom is -0.355 e. The van der Waals surface area contributed by atoms with E-state index in [4.69, 9.17) is 0 Å². The molecule has 4 heteroatoms. The average molecular weight is 294 g/mol. The van der Waals surface area contributed by atoms with Gasteiger partial charge in [-0.15, -0.1) is 11.8 Å². The van der Waals surface area contributed by atoms with Crippen LogP contribution >= 0.6 is 11.8 Å². The highest BCUT2D eigenvalue weighted by molar-refractivity contribution is 8.00. The molecular weight excluding hydrogens is 268 g/mol. The zero-order chi connectivity index (χ0) is 14.8. The van der Waals surface area contributed by atoms with Gasteiger partial charge in [0.25, 0.3) is 0 Å². The highest BCUT2D eigenvalue weighted by Crippen LogP contribution is 2.22. The number of hydrogen-bond donors (Lipinski definition) is 2. The van der Waals surface area contributed by atoms with Crippen molar-refractivity contribution in [1.29, 1.82) is 0 Å². The van der Waals surface area contributed by atoms with Crippen molar-refractivity contribution in [3.8, 4) is 0 Å². The lowest BCUT2D eigenvalue weighted by molar-refractivity contribution is -0.118. The van der Waals surface area contributed by atoms with Crippen molar-refractivity contribution < 1.29 is 4.79 Å². The van der Waals surface area contributed by atoms with Gasteiger partial charge in [0, 0.05) is 17.5 Å². The summed E-state index contributed by atoms with van der Waals surface area (Å²) in [4.78, 5) is 12.7. The Kier molecular flexibility index (Phi) is 8.38. The van der Waals surface area contributed by atoms with Crippen LogP contribution in [-0.2, 0) is 4.79 Å². The van der Waals surface area contributed by atoms with Gasteiger partial charge < -0.3 is 10.6 Å². The van der Waals surface area contributed by atoms with E-state index in [9.17, 15) is 4.79 Å². The van der Waals surface area contributed by atoms with Crippen molar-refractivity contribution in [2.45, 2.75) is 44.6 Å². The molecule has 0 spiro atoms. The number of nitrogens with one attached hydrogen (secondary N) is 2. The van der Waals surface area contributed by atoms with Crippen LogP contribution in [0.4, 0.5) is 0 Å². The molecule has 1 rings (SSSR count). The summed E-state index contributed by atoms with van der Waals surface area (Å²) in [5, 5.41) is 6.38. The summed E-state index contributed by atoms with van der Waals surface area (Å²) >= 11 is 1.59. The van der Waals surface area contributed by atoms with Crippen LogP contribution in [0.15, 0.2) is 29.2 Å². The maximum Gasteiger partial charge on any atom is 0.230 e. The predicted molar refractivity (Wildman–Crippen MR) is 87.2 cm³/mol. The van der Waals surface area contributed by atoms with Crippen molar-refractivity contribution >= 4 is 17.7 Å². The van der Waals surface area contributed by atoms with E-state index in [1.165, 1.54) is 5.56 Å². The summed E-state index contributed by atoms with van der Waals surface area (Å²) in [6, 6.07) is 8.78. The monoisotopic (exact) mass is 294 g/mol. The quantitative estimate of drug-likeness (QED) is 0.686. The summed E-state index contributed by atoms with van der Waals surface area (Å²) in [5.74, 6) is 0.597. The van der Waals surface area contributed by atoms with Gasteiger partial charge in [-0.1, -0.05) is 26.0 Å². The molecule has 1 amide bonds. The number of rotatable bonds is 9. The van der Waals surface area contributed by atoms with Crippen molar-refractivity contribution in [2.24, 2.45) is 0 Å². The molecule has 1 unspecified atom stereocenters. The molecule has 112 valence electrons. The van der Waals surface area contributed by atoms with E-state index in [0.29, 0.717) is 11.8 Å². The molecule has 1 aromatic rings. The van der Waals surface area contributed by atoms with Crippen LogP contribution in [0.1, 0.15) is 45.2 Å². The van der Waals surface area contributed by atoms with Gasteiger partial charge in [0.05, 0.1) is 5.75 Å². The Morgan fingerprint density at radius 2 is 2.00 bits per heavy atom. The largest absolute Gasteiger partial charge is 0.355 e. The summed E-state index contributed by atoms with van der Waals surface area (Å²) in [6.07, 6.45) is 2.11. The Morgan fingerprint density at radius 3 is 2.70 bits per heavy atom. The van der Waals surface area contributed by atoms with E-state index in [0.717, 1.165) is 30.8 Å².